The van der Waals surface area contributed by atoms with E-state index >= 15 is 0 Å². The van der Waals surface area contributed by atoms with Gasteiger partial charge in [-0.2, -0.15) is 0 Å². The van der Waals surface area contributed by atoms with Gasteiger partial charge in [0.15, 0.2) is 11.6 Å². The van der Waals surface area contributed by atoms with E-state index in [0.717, 1.165) is 12.5 Å². The van der Waals surface area contributed by atoms with Crippen LogP contribution in [0.5, 0.6) is 0 Å². The van der Waals surface area contributed by atoms with Crippen LogP contribution < -0.4 is 5.32 Å². The normalized spacial score (nSPS) is 11.4. The summed E-state index contributed by atoms with van der Waals surface area (Å²) in [6.07, 6.45) is 0.548. The summed E-state index contributed by atoms with van der Waals surface area (Å²) < 4.78 is 26.5. The summed E-state index contributed by atoms with van der Waals surface area (Å²) in [5, 5.41) is 4.02. The lowest BCUT2D eigenvalue weighted by atomic mass is 10.0. The Morgan fingerprint density at radius 3 is 2.47 bits per heavy atom. The van der Waals surface area contributed by atoms with Crippen molar-refractivity contribution in [2.45, 2.75) is 25.3 Å². The van der Waals surface area contributed by atoms with Gasteiger partial charge in [-0.05, 0) is 12.5 Å². The van der Waals surface area contributed by atoms with Gasteiger partial charge < -0.3 is 5.32 Å². The van der Waals surface area contributed by atoms with Gasteiger partial charge in [-0.15, -0.1) is 0 Å². The third kappa shape index (κ3) is 4.24. The Balaban J connectivity index is 2.78. The van der Waals surface area contributed by atoms with Crippen molar-refractivity contribution in [3.8, 4) is 0 Å². The molecule has 0 saturated carbocycles. The van der Waals surface area contributed by atoms with Crippen molar-refractivity contribution in [3.63, 3.8) is 0 Å². The highest BCUT2D eigenvalue weighted by molar-refractivity contribution is 9.09. The van der Waals surface area contributed by atoms with E-state index in [1.807, 2.05) is 6.92 Å². The van der Waals surface area contributed by atoms with Crippen LogP contribution in [0, 0.1) is 11.6 Å². The Morgan fingerprint density at radius 2 is 1.95 bits per heavy atom. The van der Waals surface area contributed by atoms with Gasteiger partial charge >= 0.3 is 0 Å². The van der Waals surface area contributed by atoms with E-state index in [-0.39, 0.29) is 17.9 Å². The number of alkyl halides is 2. The summed E-state index contributed by atoms with van der Waals surface area (Å²) in [4.78, 5) is 11.9. The van der Waals surface area contributed by atoms with E-state index < -0.39 is 17.2 Å². The van der Waals surface area contributed by atoms with Crippen LogP contribution in [0.15, 0.2) is 18.2 Å². The zero-order valence-electron chi connectivity index (χ0n) is 10.5. The van der Waals surface area contributed by atoms with Crippen LogP contribution in [-0.2, 0) is 11.2 Å². The molecule has 0 atom stereocenters. The second-order valence-electron chi connectivity index (χ2n) is 4.34. The van der Waals surface area contributed by atoms with E-state index in [0.29, 0.717) is 10.7 Å². The maximum Gasteiger partial charge on any atom is 0.225 e. The number of rotatable bonds is 6. The van der Waals surface area contributed by atoms with Gasteiger partial charge in [-0.3, -0.25) is 4.79 Å². The number of carbonyl (C=O) groups is 1. The monoisotopic (exact) mass is 397 g/mol. The lowest BCUT2D eigenvalue weighted by molar-refractivity contribution is -0.122. The maximum absolute atomic E-state index is 13.5. The summed E-state index contributed by atoms with van der Waals surface area (Å²) in [6, 6.07) is 3.83. The second kappa shape index (κ2) is 7.33. The van der Waals surface area contributed by atoms with Crippen molar-refractivity contribution in [2.24, 2.45) is 0 Å². The van der Waals surface area contributed by atoms with E-state index in [4.69, 9.17) is 0 Å². The highest BCUT2D eigenvalue weighted by atomic mass is 79.9. The molecule has 6 heteroatoms. The van der Waals surface area contributed by atoms with Gasteiger partial charge in [0, 0.05) is 16.2 Å². The van der Waals surface area contributed by atoms with Gasteiger partial charge in [0.05, 0.1) is 12.0 Å². The molecule has 19 heavy (non-hydrogen) atoms. The van der Waals surface area contributed by atoms with Crippen LogP contribution in [0.2, 0.25) is 0 Å². The Labute approximate surface area is 128 Å². The van der Waals surface area contributed by atoms with Crippen molar-refractivity contribution < 1.29 is 13.6 Å². The fourth-order valence-corrected chi connectivity index (χ4v) is 3.58. The van der Waals surface area contributed by atoms with Gasteiger partial charge in [0.25, 0.3) is 0 Å². The molecule has 2 nitrogen and oxygen atoms in total. The van der Waals surface area contributed by atoms with Crippen LogP contribution in [0.1, 0.15) is 18.9 Å². The summed E-state index contributed by atoms with van der Waals surface area (Å²) in [5.41, 5.74) is -0.354. The van der Waals surface area contributed by atoms with Crippen molar-refractivity contribution in [3.05, 3.63) is 35.4 Å². The SMILES string of the molecule is CCC(CBr)(CBr)NC(=O)Cc1cccc(F)c1F. The van der Waals surface area contributed by atoms with E-state index in [2.05, 4.69) is 37.2 Å². The molecule has 0 saturated heterocycles. The molecule has 0 aliphatic rings. The van der Waals surface area contributed by atoms with Crippen molar-refractivity contribution >= 4 is 37.8 Å². The number of hydrogen-bond acceptors (Lipinski definition) is 1. The third-order valence-electron chi connectivity index (χ3n) is 2.98. The van der Waals surface area contributed by atoms with E-state index in [1.165, 1.54) is 12.1 Å². The highest BCUT2D eigenvalue weighted by Crippen LogP contribution is 2.18. The van der Waals surface area contributed by atoms with Crippen molar-refractivity contribution in [1.29, 1.82) is 0 Å². The van der Waals surface area contributed by atoms with Gasteiger partial charge in [-0.25, -0.2) is 8.78 Å². The molecule has 0 radical (unpaired) electrons. The summed E-state index contributed by atoms with van der Waals surface area (Å²) >= 11 is 6.71. The van der Waals surface area contributed by atoms with Crippen molar-refractivity contribution in [2.75, 3.05) is 10.7 Å². The minimum absolute atomic E-state index is 0.0617. The smallest absolute Gasteiger partial charge is 0.225 e. The predicted octanol–water partition coefficient (Wildman–Crippen LogP) is 3.56. The van der Waals surface area contributed by atoms with Crippen LogP contribution in [-0.4, -0.2) is 22.1 Å². The minimum Gasteiger partial charge on any atom is -0.349 e. The fourth-order valence-electron chi connectivity index (χ4n) is 1.58. The molecule has 0 aliphatic carbocycles. The van der Waals surface area contributed by atoms with E-state index in [1.54, 1.807) is 0 Å². The summed E-state index contributed by atoms with van der Waals surface area (Å²) in [7, 11) is 0. The Morgan fingerprint density at radius 1 is 1.32 bits per heavy atom. The molecule has 0 aliphatic heterocycles. The molecule has 1 N–H and O–H groups in total. The van der Waals surface area contributed by atoms with Crippen LogP contribution >= 0.6 is 31.9 Å². The molecule has 1 aromatic carbocycles. The number of hydrogen-bond donors (Lipinski definition) is 1. The summed E-state index contributed by atoms with van der Waals surface area (Å²) in [5.74, 6) is -2.23. The maximum atomic E-state index is 13.5. The number of halogens is 4. The predicted molar refractivity (Wildman–Crippen MR) is 78.8 cm³/mol. The first-order valence-corrected chi connectivity index (χ1v) is 8.08. The molecule has 0 spiro atoms. The second-order valence-corrected chi connectivity index (χ2v) is 5.46. The molecule has 0 bridgehead atoms. The van der Waals surface area contributed by atoms with Gasteiger partial charge in [0.1, 0.15) is 0 Å². The van der Waals surface area contributed by atoms with Crippen LogP contribution in [0.3, 0.4) is 0 Å². The van der Waals surface area contributed by atoms with Crippen LogP contribution in [0.4, 0.5) is 8.78 Å². The standard InChI is InChI=1S/C13H15Br2F2NO/c1-2-13(7-14,8-15)18-11(19)6-9-4-3-5-10(16)12(9)17/h3-5H,2,6-8H2,1H3,(H,18,19). The molecule has 0 fully saturated rings. The molecule has 0 unspecified atom stereocenters. The Kier molecular flexibility index (Phi) is 6.39. The molecular weight excluding hydrogens is 384 g/mol. The number of benzene rings is 1. The number of nitrogens with one attached hydrogen (secondary N) is 1. The molecule has 0 aromatic heterocycles. The molecular formula is C13H15Br2F2NO. The Hall–Kier alpha value is -0.490. The fraction of sp³-hybridized carbons (Fsp3) is 0.462. The molecule has 1 rings (SSSR count). The molecule has 106 valence electrons. The molecule has 1 aromatic rings. The largest absolute Gasteiger partial charge is 0.349 e. The number of amides is 1. The third-order valence-corrected chi connectivity index (χ3v) is 5.12. The highest BCUT2D eigenvalue weighted by Gasteiger charge is 2.27. The number of carbonyl (C=O) groups excluding carboxylic acids is 1. The summed E-state index contributed by atoms with van der Waals surface area (Å²) in [6.45, 7) is 1.95. The van der Waals surface area contributed by atoms with Gasteiger partial charge in [0.2, 0.25) is 5.91 Å². The lowest BCUT2D eigenvalue weighted by Crippen LogP contribution is -2.51. The topological polar surface area (TPSA) is 29.1 Å². The Bertz CT molecular complexity index is 442. The van der Waals surface area contributed by atoms with E-state index in [9.17, 15) is 13.6 Å². The average molecular weight is 399 g/mol. The van der Waals surface area contributed by atoms with Gasteiger partial charge in [-0.1, -0.05) is 50.9 Å². The quantitative estimate of drug-likeness (QED) is 0.729. The van der Waals surface area contributed by atoms with Crippen LogP contribution in [0.25, 0.3) is 0 Å². The first-order chi connectivity index (χ1) is 8.98. The molecule has 0 heterocycles. The van der Waals surface area contributed by atoms with Crippen molar-refractivity contribution in [1.82, 2.24) is 5.32 Å². The minimum atomic E-state index is -0.961. The first kappa shape index (κ1) is 16.6. The average Bonchev–Trinajstić information content (AvgIpc) is 2.41. The zero-order valence-corrected chi connectivity index (χ0v) is 13.7. The first-order valence-electron chi connectivity index (χ1n) is 5.84. The molecule has 1 amide bonds. The lowest BCUT2D eigenvalue weighted by Gasteiger charge is -2.30. The zero-order chi connectivity index (χ0) is 14.5.